The Morgan fingerprint density at radius 1 is 0.241 bits per heavy atom. The molecule has 13 aromatic rings. The number of hydrogen-bond acceptors (Lipinski definition) is 2. The van der Waals surface area contributed by atoms with Crippen molar-refractivity contribution in [1.82, 2.24) is 0 Å². The lowest BCUT2D eigenvalue weighted by Crippen LogP contribution is -1.91. The molecule has 0 radical (unpaired) electrons. The van der Waals surface area contributed by atoms with E-state index < -0.39 is 0 Å². The molecular formula is C56H32S2. The van der Waals surface area contributed by atoms with E-state index in [1.54, 1.807) is 0 Å². The zero-order chi connectivity index (χ0) is 37.9. The quantitative estimate of drug-likeness (QED) is 0.157. The van der Waals surface area contributed by atoms with Gasteiger partial charge in [-0.15, -0.1) is 22.7 Å². The summed E-state index contributed by atoms with van der Waals surface area (Å²) in [7, 11) is 0. The first-order chi connectivity index (χ1) is 28.8. The van der Waals surface area contributed by atoms with E-state index in [1.807, 2.05) is 22.7 Å². The topological polar surface area (TPSA) is 0 Å². The van der Waals surface area contributed by atoms with Gasteiger partial charge in [-0.2, -0.15) is 0 Å². The molecule has 2 heteroatoms. The smallest absolute Gasteiger partial charge is 0.0448 e. The van der Waals surface area contributed by atoms with Gasteiger partial charge in [-0.1, -0.05) is 170 Å². The lowest BCUT2D eigenvalue weighted by Gasteiger charge is -2.19. The van der Waals surface area contributed by atoms with Crippen molar-refractivity contribution >= 4 is 117 Å². The zero-order valence-electron chi connectivity index (χ0n) is 31.3. The van der Waals surface area contributed by atoms with E-state index in [0.717, 1.165) is 0 Å². The zero-order valence-corrected chi connectivity index (χ0v) is 32.9. The molecule has 0 bridgehead atoms. The van der Waals surface area contributed by atoms with Crippen molar-refractivity contribution in [2.45, 2.75) is 0 Å². The van der Waals surface area contributed by atoms with Crippen LogP contribution in [-0.4, -0.2) is 0 Å². The fraction of sp³-hybridized carbons (Fsp3) is 0. The van der Waals surface area contributed by atoms with Gasteiger partial charge in [0.15, 0.2) is 0 Å². The highest BCUT2D eigenvalue weighted by Crippen LogP contribution is 2.51. The number of hydrogen-bond donors (Lipinski definition) is 0. The summed E-state index contributed by atoms with van der Waals surface area (Å²) in [4.78, 5) is 0. The van der Waals surface area contributed by atoms with Crippen molar-refractivity contribution in [3.8, 4) is 33.4 Å². The first-order valence-corrected chi connectivity index (χ1v) is 21.5. The Labute approximate surface area is 342 Å². The Hall–Kier alpha value is -6.84. The minimum absolute atomic E-state index is 1.24. The van der Waals surface area contributed by atoms with Crippen molar-refractivity contribution in [3.63, 3.8) is 0 Å². The number of rotatable bonds is 3. The van der Waals surface area contributed by atoms with Gasteiger partial charge in [0.05, 0.1) is 0 Å². The Morgan fingerprint density at radius 3 is 1.45 bits per heavy atom. The van der Waals surface area contributed by atoms with Crippen LogP contribution in [0.1, 0.15) is 0 Å². The number of benzene rings is 11. The minimum atomic E-state index is 1.24. The van der Waals surface area contributed by atoms with Crippen LogP contribution in [0.3, 0.4) is 0 Å². The second-order valence-corrected chi connectivity index (χ2v) is 17.6. The maximum Gasteiger partial charge on any atom is 0.0448 e. The predicted molar refractivity (Wildman–Crippen MR) is 256 cm³/mol. The average molecular weight is 769 g/mol. The Kier molecular flexibility index (Phi) is 6.86. The van der Waals surface area contributed by atoms with E-state index in [2.05, 4.69) is 194 Å². The summed E-state index contributed by atoms with van der Waals surface area (Å²) in [6.07, 6.45) is 0. The minimum Gasteiger partial charge on any atom is -0.134 e. The third-order valence-corrected chi connectivity index (χ3v) is 14.9. The molecule has 0 N–H and O–H groups in total. The largest absolute Gasteiger partial charge is 0.134 e. The highest BCUT2D eigenvalue weighted by molar-refractivity contribution is 7.29. The van der Waals surface area contributed by atoms with E-state index in [-0.39, 0.29) is 0 Å². The molecule has 0 aliphatic heterocycles. The van der Waals surface area contributed by atoms with Gasteiger partial charge in [-0.05, 0) is 106 Å². The molecule has 13 rings (SSSR count). The van der Waals surface area contributed by atoms with Crippen molar-refractivity contribution in [2.24, 2.45) is 0 Å². The molecule has 0 unspecified atom stereocenters. The third-order valence-electron chi connectivity index (χ3n) is 12.4. The van der Waals surface area contributed by atoms with Gasteiger partial charge in [-0.25, -0.2) is 0 Å². The summed E-state index contributed by atoms with van der Waals surface area (Å²) in [5.41, 5.74) is 7.73. The van der Waals surface area contributed by atoms with Gasteiger partial charge in [0, 0.05) is 45.9 Å². The van der Waals surface area contributed by atoms with Gasteiger partial charge in [-0.3, -0.25) is 0 Å². The summed E-state index contributed by atoms with van der Waals surface area (Å²) in [6, 6.07) is 72.5. The molecule has 11 aromatic carbocycles. The molecule has 2 heterocycles. The van der Waals surface area contributed by atoms with Gasteiger partial charge >= 0.3 is 0 Å². The Morgan fingerprint density at radius 2 is 0.741 bits per heavy atom. The molecule has 0 fully saturated rings. The maximum absolute atomic E-state index is 2.47. The van der Waals surface area contributed by atoms with E-state index in [4.69, 9.17) is 0 Å². The first-order valence-electron chi connectivity index (χ1n) is 19.9. The molecule has 0 nitrogen and oxygen atoms in total. The molecule has 0 aliphatic rings. The second-order valence-electron chi connectivity index (χ2n) is 15.5. The fourth-order valence-electron chi connectivity index (χ4n) is 9.81. The highest BCUT2D eigenvalue weighted by Gasteiger charge is 2.21. The molecule has 0 saturated heterocycles. The standard InChI is InChI=1S/C56H32S2/c1-3-15-39-33(12-1)14-11-22-42(39)53-45-20-7-5-18-43(45)51(44-19-6-8-21-46(44)53)37-26-24-36-31-38(27-25-35(36)30-37)52-55-48(41-17-9-10-23-50(41)57-55)32-49-47-29-28-34-13-2-4-16-40(34)54(47)58-56(49)52/h1-32H. The summed E-state index contributed by atoms with van der Waals surface area (Å²) in [6.45, 7) is 0. The molecule has 0 atom stereocenters. The van der Waals surface area contributed by atoms with Crippen LogP contribution in [0.25, 0.3) is 128 Å². The van der Waals surface area contributed by atoms with Crippen LogP contribution < -0.4 is 0 Å². The molecule has 0 spiro atoms. The Balaban J connectivity index is 1.04. The molecule has 0 amide bonds. The van der Waals surface area contributed by atoms with E-state index in [9.17, 15) is 0 Å². The average Bonchev–Trinajstić information content (AvgIpc) is 3.85. The Bertz CT molecular complexity index is 3800. The van der Waals surface area contributed by atoms with E-state index in [0.29, 0.717) is 0 Å². The summed E-state index contributed by atoms with van der Waals surface area (Å²) >= 11 is 3.88. The monoisotopic (exact) mass is 768 g/mol. The van der Waals surface area contributed by atoms with Crippen molar-refractivity contribution in [2.75, 3.05) is 0 Å². The lowest BCUT2D eigenvalue weighted by molar-refractivity contribution is 1.68. The molecular weight excluding hydrogens is 737 g/mol. The molecule has 0 aliphatic carbocycles. The van der Waals surface area contributed by atoms with E-state index >= 15 is 0 Å². The predicted octanol–water partition coefficient (Wildman–Crippen LogP) is 17.2. The van der Waals surface area contributed by atoms with Crippen molar-refractivity contribution < 1.29 is 0 Å². The second kappa shape index (κ2) is 12.3. The van der Waals surface area contributed by atoms with Crippen LogP contribution in [0.2, 0.25) is 0 Å². The van der Waals surface area contributed by atoms with Crippen molar-refractivity contribution in [1.29, 1.82) is 0 Å². The fourth-order valence-corrected chi connectivity index (χ4v) is 12.5. The first kappa shape index (κ1) is 32.3. The van der Waals surface area contributed by atoms with Crippen molar-refractivity contribution in [3.05, 3.63) is 194 Å². The normalized spacial score (nSPS) is 12.1. The summed E-state index contributed by atoms with van der Waals surface area (Å²) in [5, 5.41) is 18.1. The van der Waals surface area contributed by atoms with Crippen LogP contribution >= 0.6 is 22.7 Å². The van der Waals surface area contributed by atoms with E-state index in [1.165, 1.54) is 128 Å². The van der Waals surface area contributed by atoms with Gasteiger partial charge in [0.25, 0.3) is 0 Å². The molecule has 2 aromatic heterocycles. The number of fused-ring (bicyclic) bond motifs is 12. The van der Waals surface area contributed by atoms with Gasteiger partial charge in [0.1, 0.15) is 0 Å². The van der Waals surface area contributed by atoms with Gasteiger partial charge in [0.2, 0.25) is 0 Å². The van der Waals surface area contributed by atoms with Crippen LogP contribution in [-0.2, 0) is 0 Å². The van der Waals surface area contributed by atoms with Crippen LogP contribution in [0.5, 0.6) is 0 Å². The molecule has 268 valence electrons. The summed E-state index contributed by atoms with van der Waals surface area (Å²) in [5.74, 6) is 0. The summed E-state index contributed by atoms with van der Waals surface area (Å²) < 4.78 is 5.44. The third kappa shape index (κ3) is 4.62. The van der Waals surface area contributed by atoms with Crippen LogP contribution in [0.4, 0.5) is 0 Å². The lowest BCUT2D eigenvalue weighted by atomic mass is 9.84. The maximum atomic E-state index is 2.47. The SMILES string of the molecule is c1ccc2c(-c3c4ccccc4c(-c4ccc5cc(-c6c7sc8ccccc8c7cc7c6sc6c8ccccc8ccc76)ccc5c4)c4ccccc34)cccc2c1. The highest BCUT2D eigenvalue weighted by atomic mass is 32.1. The van der Waals surface area contributed by atoms with Gasteiger partial charge < -0.3 is 0 Å². The molecule has 58 heavy (non-hydrogen) atoms. The number of thiophene rings is 2. The van der Waals surface area contributed by atoms with Crippen LogP contribution in [0, 0.1) is 0 Å². The molecule has 0 saturated carbocycles. The van der Waals surface area contributed by atoms with Crippen LogP contribution in [0.15, 0.2) is 194 Å².